The Labute approximate surface area is 120 Å². The average Bonchev–Trinajstić information content (AvgIpc) is 2.75. The molecule has 1 heterocycles. The summed E-state index contributed by atoms with van der Waals surface area (Å²) in [7, 11) is -1.55. The van der Waals surface area contributed by atoms with Crippen LogP contribution in [-0.2, 0) is 23.6 Å². The SMILES string of the molecule is CCNCc1cc(S(=O)(=O)NCC(C)SC)cn1C. The van der Waals surface area contributed by atoms with Crippen LogP contribution in [0.2, 0.25) is 0 Å². The van der Waals surface area contributed by atoms with Crippen molar-refractivity contribution in [3.8, 4) is 0 Å². The van der Waals surface area contributed by atoms with Crippen LogP contribution in [0.1, 0.15) is 19.5 Å². The highest BCUT2D eigenvalue weighted by molar-refractivity contribution is 7.99. The van der Waals surface area contributed by atoms with Gasteiger partial charge in [-0.3, -0.25) is 0 Å². The second-order valence-electron chi connectivity index (χ2n) is 4.46. The number of hydrogen-bond acceptors (Lipinski definition) is 4. The lowest BCUT2D eigenvalue weighted by Crippen LogP contribution is -2.29. The van der Waals surface area contributed by atoms with Gasteiger partial charge in [-0.2, -0.15) is 11.8 Å². The highest BCUT2D eigenvalue weighted by Gasteiger charge is 2.17. The van der Waals surface area contributed by atoms with Gasteiger partial charge in [-0.15, -0.1) is 0 Å². The molecule has 0 fully saturated rings. The molecule has 7 heteroatoms. The molecule has 0 aliphatic heterocycles. The molecule has 1 aromatic heterocycles. The summed E-state index contributed by atoms with van der Waals surface area (Å²) >= 11 is 1.64. The summed E-state index contributed by atoms with van der Waals surface area (Å²) in [6, 6.07) is 1.72. The largest absolute Gasteiger partial charge is 0.352 e. The molecule has 1 aromatic rings. The fourth-order valence-electron chi connectivity index (χ4n) is 1.55. The first-order valence-corrected chi connectivity index (χ1v) is 9.06. The van der Waals surface area contributed by atoms with Crippen LogP contribution in [-0.4, -0.2) is 37.6 Å². The number of nitrogens with one attached hydrogen (secondary N) is 2. The maximum absolute atomic E-state index is 12.1. The Hall–Kier alpha value is -0.500. The minimum Gasteiger partial charge on any atom is -0.352 e. The van der Waals surface area contributed by atoms with E-state index in [-0.39, 0.29) is 5.25 Å². The van der Waals surface area contributed by atoms with Crippen LogP contribution < -0.4 is 10.0 Å². The van der Waals surface area contributed by atoms with E-state index >= 15 is 0 Å². The highest BCUT2D eigenvalue weighted by atomic mass is 32.2. The van der Waals surface area contributed by atoms with Crippen LogP contribution in [0.15, 0.2) is 17.2 Å². The van der Waals surface area contributed by atoms with E-state index in [1.165, 1.54) is 0 Å². The van der Waals surface area contributed by atoms with E-state index in [0.717, 1.165) is 12.2 Å². The van der Waals surface area contributed by atoms with Gasteiger partial charge in [0, 0.05) is 37.3 Å². The Morgan fingerprint density at radius 3 is 2.74 bits per heavy atom. The summed E-state index contributed by atoms with van der Waals surface area (Å²) in [5, 5.41) is 3.45. The molecule has 5 nitrogen and oxygen atoms in total. The summed E-state index contributed by atoms with van der Waals surface area (Å²) in [6.45, 7) is 5.99. The predicted octanol–water partition coefficient (Wildman–Crippen LogP) is 1.16. The minimum absolute atomic E-state index is 0.264. The molecule has 1 unspecified atom stereocenters. The first kappa shape index (κ1) is 16.6. The van der Waals surface area contributed by atoms with Crippen molar-refractivity contribution in [2.24, 2.45) is 7.05 Å². The van der Waals surface area contributed by atoms with E-state index in [2.05, 4.69) is 10.0 Å². The Kier molecular flexibility index (Phi) is 6.38. The van der Waals surface area contributed by atoms with Crippen LogP contribution in [0.5, 0.6) is 0 Å². The van der Waals surface area contributed by atoms with E-state index in [1.54, 1.807) is 24.0 Å². The zero-order valence-corrected chi connectivity index (χ0v) is 13.6. The number of nitrogens with zero attached hydrogens (tertiary/aromatic N) is 1. The van der Waals surface area contributed by atoms with Gasteiger partial charge in [-0.1, -0.05) is 13.8 Å². The molecule has 0 aromatic carbocycles. The van der Waals surface area contributed by atoms with Gasteiger partial charge in [0.2, 0.25) is 10.0 Å². The normalized spacial score (nSPS) is 13.7. The lowest BCUT2D eigenvalue weighted by molar-refractivity contribution is 0.581. The quantitative estimate of drug-likeness (QED) is 0.757. The zero-order chi connectivity index (χ0) is 14.5. The monoisotopic (exact) mass is 305 g/mol. The summed E-state index contributed by atoms with van der Waals surface area (Å²) in [5.74, 6) is 0. The van der Waals surface area contributed by atoms with Gasteiger partial charge in [0.1, 0.15) is 0 Å². The molecule has 0 amide bonds. The van der Waals surface area contributed by atoms with Gasteiger partial charge >= 0.3 is 0 Å². The smallest absolute Gasteiger partial charge is 0.242 e. The third kappa shape index (κ3) is 4.83. The minimum atomic E-state index is -3.40. The average molecular weight is 305 g/mol. The standard InChI is InChI=1S/C12H23N3O2S2/c1-5-13-8-11-6-12(9-15(11)3)19(16,17)14-7-10(2)18-4/h6,9-10,13-14H,5,7-8H2,1-4H3. The van der Waals surface area contributed by atoms with Crippen LogP contribution in [0.3, 0.4) is 0 Å². The number of hydrogen-bond donors (Lipinski definition) is 2. The van der Waals surface area contributed by atoms with E-state index in [4.69, 9.17) is 0 Å². The van der Waals surface area contributed by atoms with Gasteiger partial charge in [0.05, 0.1) is 4.90 Å². The van der Waals surface area contributed by atoms with Gasteiger partial charge in [0.15, 0.2) is 0 Å². The molecule has 110 valence electrons. The second-order valence-corrected chi connectivity index (χ2v) is 7.50. The van der Waals surface area contributed by atoms with E-state index < -0.39 is 10.0 Å². The predicted molar refractivity (Wildman–Crippen MR) is 81.0 cm³/mol. The maximum Gasteiger partial charge on any atom is 0.242 e. The molecule has 1 atom stereocenters. The lowest BCUT2D eigenvalue weighted by atomic mass is 10.4. The summed E-state index contributed by atoms with van der Waals surface area (Å²) in [5.41, 5.74) is 0.958. The molecule has 2 N–H and O–H groups in total. The lowest BCUT2D eigenvalue weighted by Gasteiger charge is -2.09. The fourth-order valence-corrected chi connectivity index (χ4v) is 3.13. The Balaban J connectivity index is 2.78. The first-order valence-electron chi connectivity index (χ1n) is 6.29. The third-order valence-corrected chi connectivity index (χ3v) is 5.27. The topological polar surface area (TPSA) is 63.1 Å². The van der Waals surface area contributed by atoms with E-state index in [9.17, 15) is 8.42 Å². The summed E-state index contributed by atoms with van der Waals surface area (Å²) in [4.78, 5) is 0.330. The van der Waals surface area contributed by atoms with Crippen molar-refractivity contribution in [3.05, 3.63) is 18.0 Å². The van der Waals surface area contributed by atoms with Gasteiger partial charge < -0.3 is 9.88 Å². The van der Waals surface area contributed by atoms with Crippen LogP contribution in [0.25, 0.3) is 0 Å². The van der Waals surface area contributed by atoms with Crippen LogP contribution in [0.4, 0.5) is 0 Å². The maximum atomic E-state index is 12.1. The molecule has 0 bridgehead atoms. The van der Waals surface area contributed by atoms with Gasteiger partial charge in [0.25, 0.3) is 0 Å². The molecule has 19 heavy (non-hydrogen) atoms. The van der Waals surface area contributed by atoms with Gasteiger partial charge in [-0.25, -0.2) is 13.1 Å². The number of thioether (sulfide) groups is 1. The third-order valence-electron chi connectivity index (χ3n) is 2.91. The van der Waals surface area contributed by atoms with Crippen molar-refractivity contribution in [1.82, 2.24) is 14.6 Å². The number of aromatic nitrogens is 1. The first-order chi connectivity index (χ1) is 8.90. The van der Waals surface area contributed by atoms with Crippen molar-refractivity contribution in [2.45, 2.75) is 30.5 Å². The number of sulfonamides is 1. The van der Waals surface area contributed by atoms with Crippen molar-refractivity contribution >= 4 is 21.8 Å². The summed E-state index contributed by atoms with van der Waals surface area (Å²) in [6.07, 6.45) is 3.62. The van der Waals surface area contributed by atoms with E-state index in [0.29, 0.717) is 18.0 Å². The molecule has 0 radical (unpaired) electrons. The highest BCUT2D eigenvalue weighted by Crippen LogP contribution is 2.14. The van der Waals surface area contributed by atoms with E-state index in [1.807, 2.05) is 31.7 Å². The molecule has 0 spiro atoms. The molecular weight excluding hydrogens is 282 g/mol. The van der Waals surface area contributed by atoms with Crippen molar-refractivity contribution in [3.63, 3.8) is 0 Å². The van der Waals surface area contributed by atoms with Gasteiger partial charge in [-0.05, 0) is 18.9 Å². The van der Waals surface area contributed by atoms with Crippen LogP contribution in [0, 0.1) is 0 Å². The Morgan fingerprint density at radius 2 is 2.16 bits per heavy atom. The molecule has 0 saturated heterocycles. The Bertz CT molecular complexity index is 497. The molecule has 0 saturated carbocycles. The molecule has 0 aliphatic carbocycles. The van der Waals surface area contributed by atoms with Crippen molar-refractivity contribution < 1.29 is 8.42 Å². The molecular formula is C12H23N3O2S2. The molecule has 1 rings (SSSR count). The van der Waals surface area contributed by atoms with Crippen molar-refractivity contribution in [2.75, 3.05) is 19.3 Å². The number of aryl methyl sites for hydroxylation is 1. The Morgan fingerprint density at radius 1 is 1.47 bits per heavy atom. The number of rotatable bonds is 8. The summed E-state index contributed by atoms with van der Waals surface area (Å²) < 4.78 is 28.8. The van der Waals surface area contributed by atoms with Crippen LogP contribution >= 0.6 is 11.8 Å². The molecule has 0 aliphatic rings. The zero-order valence-electron chi connectivity index (χ0n) is 11.9. The fraction of sp³-hybridized carbons (Fsp3) is 0.667. The second kappa shape index (κ2) is 7.33. The van der Waals surface area contributed by atoms with Crippen molar-refractivity contribution in [1.29, 1.82) is 0 Å².